The van der Waals surface area contributed by atoms with Crippen molar-refractivity contribution in [3.63, 3.8) is 0 Å². The van der Waals surface area contributed by atoms with E-state index < -0.39 is 0 Å². The number of aromatic nitrogens is 2. The number of hydrogen-bond acceptors (Lipinski definition) is 3. The van der Waals surface area contributed by atoms with E-state index in [1.54, 1.807) is 6.20 Å². The maximum absolute atomic E-state index is 13.1. The van der Waals surface area contributed by atoms with E-state index in [4.69, 9.17) is 4.74 Å². The highest BCUT2D eigenvalue weighted by Crippen LogP contribution is 2.32. The third kappa shape index (κ3) is 3.40. The molecule has 0 saturated heterocycles. The summed E-state index contributed by atoms with van der Waals surface area (Å²) in [6, 6.07) is 23.2. The molecular formula is C26H21N3O2. The molecule has 152 valence electrons. The zero-order valence-corrected chi connectivity index (χ0v) is 17.3. The molecule has 5 nitrogen and oxygen atoms in total. The van der Waals surface area contributed by atoms with Crippen molar-refractivity contribution >= 4 is 33.4 Å². The van der Waals surface area contributed by atoms with Crippen molar-refractivity contribution in [3.8, 4) is 11.5 Å². The van der Waals surface area contributed by atoms with E-state index >= 15 is 0 Å². The molecule has 0 aliphatic heterocycles. The van der Waals surface area contributed by atoms with E-state index in [1.807, 2.05) is 97.5 Å². The van der Waals surface area contributed by atoms with Gasteiger partial charge in [-0.25, -0.2) is 0 Å². The lowest BCUT2D eigenvalue weighted by atomic mass is 10.1. The van der Waals surface area contributed by atoms with E-state index in [0.717, 1.165) is 33.1 Å². The fourth-order valence-electron chi connectivity index (χ4n) is 3.88. The Kier molecular flexibility index (Phi) is 4.64. The molecule has 3 aromatic carbocycles. The van der Waals surface area contributed by atoms with Crippen LogP contribution in [0.4, 0.5) is 5.69 Å². The molecule has 0 radical (unpaired) electrons. The predicted octanol–water partition coefficient (Wildman–Crippen LogP) is 6.08. The van der Waals surface area contributed by atoms with Crippen LogP contribution < -0.4 is 10.1 Å². The van der Waals surface area contributed by atoms with E-state index in [2.05, 4.69) is 10.3 Å². The monoisotopic (exact) mass is 407 g/mol. The Bertz CT molecular complexity index is 1430. The molecule has 2 aromatic heterocycles. The van der Waals surface area contributed by atoms with Crippen molar-refractivity contribution in [1.82, 2.24) is 9.55 Å². The van der Waals surface area contributed by atoms with Crippen LogP contribution in [0.25, 0.3) is 21.8 Å². The Morgan fingerprint density at radius 2 is 1.68 bits per heavy atom. The standard InChI is InChI=1S/C26H21N3O2/c1-17-18(26(30)28-22-16-29(2)23-12-6-4-8-19(22)23)10-7-13-24(17)31-25-14-15-27-21-11-5-3-9-20(21)25/h3-16H,1-2H3,(H,28,30). The summed E-state index contributed by atoms with van der Waals surface area (Å²) in [4.78, 5) is 17.5. The summed E-state index contributed by atoms with van der Waals surface area (Å²) in [7, 11) is 1.97. The normalized spacial score (nSPS) is 11.0. The maximum atomic E-state index is 13.1. The summed E-state index contributed by atoms with van der Waals surface area (Å²) in [6.45, 7) is 1.90. The van der Waals surface area contributed by atoms with Gasteiger partial charge in [0.2, 0.25) is 0 Å². The maximum Gasteiger partial charge on any atom is 0.256 e. The summed E-state index contributed by atoms with van der Waals surface area (Å²) >= 11 is 0. The number of para-hydroxylation sites is 2. The molecule has 31 heavy (non-hydrogen) atoms. The SMILES string of the molecule is Cc1c(Oc2ccnc3ccccc23)cccc1C(=O)Nc1cn(C)c2ccccc12. The summed E-state index contributed by atoms with van der Waals surface area (Å²) in [5.74, 6) is 1.18. The average molecular weight is 407 g/mol. The highest BCUT2D eigenvalue weighted by atomic mass is 16.5. The number of ether oxygens (including phenoxy) is 1. The second-order valence-electron chi connectivity index (χ2n) is 7.48. The molecule has 0 bridgehead atoms. The minimum Gasteiger partial charge on any atom is -0.456 e. The van der Waals surface area contributed by atoms with Gasteiger partial charge in [0.25, 0.3) is 5.91 Å². The van der Waals surface area contributed by atoms with Crippen molar-refractivity contribution in [2.45, 2.75) is 6.92 Å². The third-order valence-corrected chi connectivity index (χ3v) is 5.50. The number of hydrogen-bond donors (Lipinski definition) is 1. The van der Waals surface area contributed by atoms with Crippen LogP contribution in [0.3, 0.4) is 0 Å². The Morgan fingerprint density at radius 1 is 0.903 bits per heavy atom. The molecule has 0 spiro atoms. The fraction of sp³-hybridized carbons (Fsp3) is 0.0769. The number of carbonyl (C=O) groups excluding carboxylic acids is 1. The Hall–Kier alpha value is -4.12. The number of amides is 1. The smallest absolute Gasteiger partial charge is 0.256 e. The van der Waals surface area contributed by atoms with Crippen LogP contribution in [0.15, 0.2) is 85.2 Å². The number of rotatable bonds is 4. The third-order valence-electron chi connectivity index (χ3n) is 5.50. The largest absolute Gasteiger partial charge is 0.456 e. The molecule has 5 heteroatoms. The van der Waals surface area contributed by atoms with Crippen molar-refractivity contribution in [3.05, 3.63) is 96.3 Å². The van der Waals surface area contributed by atoms with Gasteiger partial charge in [-0.2, -0.15) is 0 Å². The molecule has 5 rings (SSSR count). The van der Waals surface area contributed by atoms with Crippen LogP contribution in [-0.2, 0) is 7.05 Å². The highest BCUT2D eigenvalue weighted by molar-refractivity contribution is 6.10. The number of pyridine rings is 1. The second-order valence-corrected chi connectivity index (χ2v) is 7.48. The minimum atomic E-state index is -0.168. The molecule has 0 saturated carbocycles. The lowest BCUT2D eigenvalue weighted by molar-refractivity contribution is 0.102. The van der Waals surface area contributed by atoms with Crippen LogP contribution in [0.2, 0.25) is 0 Å². The number of aryl methyl sites for hydroxylation is 1. The van der Waals surface area contributed by atoms with Gasteiger partial charge in [-0.1, -0.05) is 36.4 Å². The molecule has 0 atom stereocenters. The van der Waals surface area contributed by atoms with Gasteiger partial charge in [0.15, 0.2) is 0 Å². The van der Waals surface area contributed by atoms with E-state index in [1.165, 1.54) is 0 Å². The van der Waals surface area contributed by atoms with Gasteiger partial charge in [-0.15, -0.1) is 0 Å². The molecule has 1 N–H and O–H groups in total. The van der Waals surface area contributed by atoms with Crippen LogP contribution in [0.1, 0.15) is 15.9 Å². The van der Waals surface area contributed by atoms with E-state index in [0.29, 0.717) is 17.1 Å². The fourth-order valence-corrected chi connectivity index (χ4v) is 3.88. The van der Waals surface area contributed by atoms with Crippen LogP contribution in [-0.4, -0.2) is 15.5 Å². The van der Waals surface area contributed by atoms with E-state index in [9.17, 15) is 4.79 Å². The summed E-state index contributed by atoms with van der Waals surface area (Å²) < 4.78 is 8.22. The zero-order valence-electron chi connectivity index (χ0n) is 17.3. The topological polar surface area (TPSA) is 56.1 Å². The van der Waals surface area contributed by atoms with Crippen LogP contribution in [0, 0.1) is 6.92 Å². The van der Waals surface area contributed by atoms with Crippen LogP contribution in [0.5, 0.6) is 11.5 Å². The molecule has 1 amide bonds. The summed E-state index contributed by atoms with van der Waals surface area (Å²) in [5, 5.41) is 4.99. The first kappa shape index (κ1) is 18.9. The summed E-state index contributed by atoms with van der Waals surface area (Å²) in [5.41, 5.74) is 4.07. The first-order chi connectivity index (χ1) is 15.1. The van der Waals surface area contributed by atoms with E-state index in [-0.39, 0.29) is 5.91 Å². The highest BCUT2D eigenvalue weighted by Gasteiger charge is 2.16. The number of anilines is 1. The van der Waals surface area contributed by atoms with Gasteiger partial charge in [0, 0.05) is 46.9 Å². The Labute approximate surface area is 179 Å². The zero-order chi connectivity index (χ0) is 21.4. The Balaban J connectivity index is 1.47. The number of fused-ring (bicyclic) bond motifs is 2. The minimum absolute atomic E-state index is 0.168. The van der Waals surface area contributed by atoms with Gasteiger partial charge in [-0.3, -0.25) is 9.78 Å². The first-order valence-corrected chi connectivity index (χ1v) is 10.1. The molecule has 0 fully saturated rings. The lowest BCUT2D eigenvalue weighted by Gasteiger charge is -2.13. The van der Waals surface area contributed by atoms with Crippen molar-refractivity contribution in [2.75, 3.05) is 5.32 Å². The number of carbonyl (C=O) groups is 1. The van der Waals surface area contributed by atoms with Crippen molar-refractivity contribution in [2.24, 2.45) is 7.05 Å². The molecule has 5 aromatic rings. The molecule has 2 heterocycles. The van der Waals surface area contributed by atoms with Gasteiger partial charge < -0.3 is 14.6 Å². The number of benzene rings is 3. The molecule has 0 aliphatic carbocycles. The number of nitrogens with one attached hydrogen (secondary N) is 1. The molecule has 0 unspecified atom stereocenters. The van der Waals surface area contributed by atoms with Gasteiger partial charge in [0.05, 0.1) is 11.2 Å². The predicted molar refractivity (Wildman–Crippen MR) is 124 cm³/mol. The average Bonchev–Trinajstić information content (AvgIpc) is 3.11. The molecular weight excluding hydrogens is 386 g/mol. The number of nitrogens with zero attached hydrogens (tertiary/aromatic N) is 2. The quantitative estimate of drug-likeness (QED) is 0.393. The van der Waals surface area contributed by atoms with Gasteiger partial charge in [0.1, 0.15) is 11.5 Å². The second kappa shape index (κ2) is 7.61. The lowest BCUT2D eigenvalue weighted by Crippen LogP contribution is -2.13. The van der Waals surface area contributed by atoms with Crippen LogP contribution >= 0.6 is 0 Å². The Morgan fingerprint density at radius 3 is 2.55 bits per heavy atom. The first-order valence-electron chi connectivity index (χ1n) is 10.1. The van der Waals surface area contributed by atoms with Gasteiger partial charge >= 0.3 is 0 Å². The van der Waals surface area contributed by atoms with Crippen molar-refractivity contribution < 1.29 is 9.53 Å². The van der Waals surface area contributed by atoms with Gasteiger partial charge in [-0.05, 0) is 43.3 Å². The summed E-state index contributed by atoms with van der Waals surface area (Å²) in [6.07, 6.45) is 3.66. The van der Waals surface area contributed by atoms with Crippen molar-refractivity contribution in [1.29, 1.82) is 0 Å². The molecule has 0 aliphatic rings.